The maximum atomic E-state index is 12.2. The highest BCUT2D eigenvalue weighted by Gasteiger charge is 2.12. The SMILES string of the molecule is CCc1nn(C)cc1CNC(=O)c1cc(Br)ccc1I. The van der Waals surface area contributed by atoms with Gasteiger partial charge < -0.3 is 5.32 Å². The van der Waals surface area contributed by atoms with Crippen molar-refractivity contribution in [2.75, 3.05) is 0 Å². The van der Waals surface area contributed by atoms with Crippen LogP contribution < -0.4 is 5.32 Å². The van der Waals surface area contributed by atoms with Crippen molar-refractivity contribution in [1.29, 1.82) is 0 Å². The molecule has 2 aromatic rings. The molecule has 0 saturated heterocycles. The Morgan fingerprint density at radius 3 is 2.95 bits per heavy atom. The smallest absolute Gasteiger partial charge is 0.252 e. The van der Waals surface area contributed by atoms with Crippen molar-refractivity contribution in [3.8, 4) is 0 Å². The highest BCUT2D eigenvalue weighted by Crippen LogP contribution is 2.18. The second kappa shape index (κ2) is 6.71. The van der Waals surface area contributed by atoms with Crippen molar-refractivity contribution in [2.24, 2.45) is 7.05 Å². The van der Waals surface area contributed by atoms with E-state index in [2.05, 4.69) is 55.9 Å². The van der Waals surface area contributed by atoms with Crippen molar-refractivity contribution in [1.82, 2.24) is 15.1 Å². The van der Waals surface area contributed by atoms with Crippen LogP contribution in [-0.4, -0.2) is 15.7 Å². The van der Waals surface area contributed by atoms with E-state index in [0.29, 0.717) is 12.1 Å². The number of amides is 1. The van der Waals surface area contributed by atoms with Crippen molar-refractivity contribution < 1.29 is 4.79 Å². The van der Waals surface area contributed by atoms with Gasteiger partial charge in [-0.05, 0) is 47.2 Å². The Hall–Kier alpha value is -0.890. The van der Waals surface area contributed by atoms with Gasteiger partial charge in [-0.3, -0.25) is 9.48 Å². The summed E-state index contributed by atoms with van der Waals surface area (Å²) in [6, 6.07) is 5.68. The van der Waals surface area contributed by atoms with Crippen LogP contribution in [0.1, 0.15) is 28.5 Å². The number of carbonyl (C=O) groups is 1. The molecule has 0 radical (unpaired) electrons. The predicted octanol–water partition coefficient (Wildman–Crippen LogP) is 3.28. The van der Waals surface area contributed by atoms with E-state index in [-0.39, 0.29) is 5.91 Å². The van der Waals surface area contributed by atoms with Crippen LogP contribution in [0.25, 0.3) is 0 Å². The zero-order valence-electron chi connectivity index (χ0n) is 11.3. The zero-order valence-corrected chi connectivity index (χ0v) is 15.0. The lowest BCUT2D eigenvalue weighted by molar-refractivity contribution is 0.0950. The molecule has 0 saturated carbocycles. The van der Waals surface area contributed by atoms with Gasteiger partial charge >= 0.3 is 0 Å². The number of hydrogen-bond acceptors (Lipinski definition) is 2. The Morgan fingerprint density at radius 1 is 1.50 bits per heavy atom. The number of rotatable bonds is 4. The van der Waals surface area contributed by atoms with E-state index < -0.39 is 0 Å². The first-order chi connectivity index (χ1) is 9.51. The van der Waals surface area contributed by atoms with E-state index in [9.17, 15) is 4.79 Å². The molecule has 0 aliphatic heterocycles. The van der Waals surface area contributed by atoms with Gasteiger partial charge in [0.1, 0.15) is 0 Å². The van der Waals surface area contributed by atoms with Gasteiger partial charge in [-0.1, -0.05) is 22.9 Å². The summed E-state index contributed by atoms with van der Waals surface area (Å²) in [5, 5.41) is 7.32. The molecule has 1 heterocycles. The van der Waals surface area contributed by atoms with E-state index in [4.69, 9.17) is 0 Å². The van der Waals surface area contributed by atoms with Crippen LogP contribution in [0, 0.1) is 3.57 Å². The van der Waals surface area contributed by atoms with Crippen LogP contribution in [0.4, 0.5) is 0 Å². The average molecular weight is 448 g/mol. The van der Waals surface area contributed by atoms with E-state index >= 15 is 0 Å². The molecular weight excluding hydrogens is 433 g/mol. The fourth-order valence-corrected chi connectivity index (χ4v) is 2.91. The van der Waals surface area contributed by atoms with Crippen molar-refractivity contribution in [3.63, 3.8) is 0 Å². The highest BCUT2D eigenvalue weighted by atomic mass is 127. The number of benzene rings is 1. The van der Waals surface area contributed by atoms with Crippen LogP contribution in [0.3, 0.4) is 0 Å². The fourth-order valence-electron chi connectivity index (χ4n) is 1.97. The van der Waals surface area contributed by atoms with Crippen molar-refractivity contribution in [3.05, 3.63) is 49.3 Å². The Balaban J connectivity index is 2.10. The minimum atomic E-state index is -0.0680. The number of hydrogen-bond donors (Lipinski definition) is 1. The molecule has 4 nitrogen and oxygen atoms in total. The summed E-state index contributed by atoms with van der Waals surface area (Å²) in [6.45, 7) is 2.56. The minimum absolute atomic E-state index is 0.0680. The highest BCUT2D eigenvalue weighted by molar-refractivity contribution is 14.1. The third-order valence-corrected chi connectivity index (χ3v) is 4.37. The van der Waals surface area contributed by atoms with E-state index in [1.165, 1.54) is 0 Å². The van der Waals surface area contributed by atoms with Crippen LogP contribution in [0.2, 0.25) is 0 Å². The van der Waals surface area contributed by atoms with Gasteiger partial charge in [-0.2, -0.15) is 5.10 Å². The molecule has 6 heteroatoms. The van der Waals surface area contributed by atoms with Crippen molar-refractivity contribution >= 4 is 44.4 Å². The van der Waals surface area contributed by atoms with Crippen molar-refractivity contribution in [2.45, 2.75) is 19.9 Å². The summed E-state index contributed by atoms with van der Waals surface area (Å²) < 4.78 is 3.62. The molecule has 1 amide bonds. The summed E-state index contributed by atoms with van der Waals surface area (Å²) in [7, 11) is 1.89. The second-order valence-corrected chi connectivity index (χ2v) is 6.51. The molecule has 1 aromatic heterocycles. The number of carbonyl (C=O) groups excluding carboxylic acids is 1. The summed E-state index contributed by atoms with van der Waals surface area (Å²) >= 11 is 5.56. The molecular formula is C14H15BrIN3O. The lowest BCUT2D eigenvalue weighted by Gasteiger charge is -2.07. The van der Waals surface area contributed by atoms with Gasteiger partial charge in [0.2, 0.25) is 0 Å². The molecule has 0 atom stereocenters. The first-order valence-electron chi connectivity index (χ1n) is 6.26. The van der Waals surface area contributed by atoms with Gasteiger partial charge in [0.25, 0.3) is 5.91 Å². The molecule has 1 aromatic carbocycles. The van der Waals surface area contributed by atoms with Gasteiger partial charge in [-0.15, -0.1) is 0 Å². The van der Waals surface area contributed by atoms with Gasteiger partial charge in [-0.25, -0.2) is 0 Å². The van der Waals surface area contributed by atoms with Crippen LogP contribution in [0.5, 0.6) is 0 Å². The molecule has 0 aliphatic rings. The third kappa shape index (κ3) is 3.60. The maximum absolute atomic E-state index is 12.2. The molecule has 1 N–H and O–H groups in total. The maximum Gasteiger partial charge on any atom is 0.252 e. The van der Waals surface area contributed by atoms with Crippen LogP contribution in [0.15, 0.2) is 28.9 Å². The monoisotopic (exact) mass is 447 g/mol. The van der Waals surface area contributed by atoms with Crippen LogP contribution >= 0.6 is 38.5 Å². The number of aryl methyl sites for hydroxylation is 2. The quantitative estimate of drug-likeness (QED) is 0.731. The van der Waals surface area contributed by atoms with E-state index in [1.54, 1.807) is 4.68 Å². The second-order valence-electron chi connectivity index (χ2n) is 4.44. The first kappa shape index (κ1) is 15.5. The Bertz CT molecular complexity index is 639. The predicted molar refractivity (Wildman–Crippen MR) is 90.6 cm³/mol. The first-order valence-corrected chi connectivity index (χ1v) is 8.13. The largest absolute Gasteiger partial charge is 0.348 e. The Kier molecular flexibility index (Phi) is 5.20. The standard InChI is InChI=1S/C14H15BrIN3O/c1-3-13-9(8-19(2)18-13)7-17-14(20)11-6-10(15)4-5-12(11)16/h4-6,8H,3,7H2,1-2H3,(H,17,20). The number of halogens is 2. The zero-order chi connectivity index (χ0) is 14.7. The lowest BCUT2D eigenvalue weighted by Crippen LogP contribution is -2.24. The fraction of sp³-hybridized carbons (Fsp3) is 0.286. The Labute approximate surface area is 140 Å². The number of nitrogens with one attached hydrogen (secondary N) is 1. The number of aromatic nitrogens is 2. The normalized spacial score (nSPS) is 10.6. The molecule has 0 bridgehead atoms. The summed E-state index contributed by atoms with van der Waals surface area (Å²) in [4.78, 5) is 12.2. The van der Waals surface area contributed by atoms with Gasteiger partial charge in [0.05, 0.1) is 11.3 Å². The summed E-state index contributed by atoms with van der Waals surface area (Å²) in [5.74, 6) is -0.0680. The molecule has 0 spiro atoms. The number of nitrogens with zero attached hydrogens (tertiary/aromatic N) is 2. The Morgan fingerprint density at radius 2 is 2.25 bits per heavy atom. The van der Waals surface area contributed by atoms with E-state index in [0.717, 1.165) is 25.7 Å². The summed E-state index contributed by atoms with van der Waals surface area (Å²) in [6.07, 6.45) is 2.81. The topological polar surface area (TPSA) is 46.9 Å². The third-order valence-electron chi connectivity index (χ3n) is 2.94. The average Bonchev–Trinajstić information content (AvgIpc) is 2.79. The molecule has 0 aliphatic carbocycles. The molecule has 0 unspecified atom stereocenters. The molecule has 106 valence electrons. The molecule has 0 fully saturated rings. The van der Waals surface area contributed by atoms with Gasteiger partial charge in [0.15, 0.2) is 0 Å². The lowest BCUT2D eigenvalue weighted by atomic mass is 10.2. The van der Waals surface area contributed by atoms with Crippen LogP contribution in [-0.2, 0) is 20.0 Å². The summed E-state index contributed by atoms with van der Waals surface area (Å²) in [5.41, 5.74) is 2.77. The molecule has 2 rings (SSSR count). The minimum Gasteiger partial charge on any atom is -0.348 e. The molecule has 20 heavy (non-hydrogen) atoms. The van der Waals surface area contributed by atoms with Gasteiger partial charge in [0, 0.05) is 33.4 Å². The van der Waals surface area contributed by atoms with E-state index in [1.807, 2.05) is 31.4 Å².